The SMILES string of the molecule is Cc1cc(NC(=O)[C@H](C)N(C)Cc2ccc(F)cc2)on1. The molecule has 2 rings (SSSR count). The van der Waals surface area contributed by atoms with E-state index in [0.29, 0.717) is 18.1 Å². The molecule has 0 bridgehead atoms. The van der Waals surface area contributed by atoms with Crippen LogP contribution in [-0.4, -0.2) is 29.1 Å². The van der Waals surface area contributed by atoms with Crippen molar-refractivity contribution in [1.82, 2.24) is 10.1 Å². The zero-order valence-corrected chi connectivity index (χ0v) is 12.3. The summed E-state index contributed by atoms with van der Waals surface area (Å²) in [5, 5.41) is 6.38. The molecule has 1 N–H and O–H groups in total. The third-order valence-electron chi connectivity index (χ3n) is 3.26. The number of hydrogen-bond acceptors (Lipinski definition) is 4. The molecule has 0 unspecified atom stereocenters. The third kappa shape index (κ3) is 4.13. The number of amides is 1. The molecule has 112 valence electrons. The van der Waals surface area contributed by atoms with Crippen molar-refractivity contribution in [1.29, 1.82) is 0 Å². The maximum Gasteiger partial charge on any atom is 0.243 e. The minimum absolute atomic E-state index is 0.184. The number of carbonyl (C=O) groups is 1. The number of benzene rings is 1. The summed E-state index contributed by atoms with van der Waals surface area (Å²) in [6.07, 6.45) is 0. The predicted molar refractivity (Wildman–Crippen MR) is 77.2 cm³/mol. The maximum absolute atomic E-state index is 12.9. The number of nitrogens with one attached hydrogen (secondary N) is 1. The zero-order valence-electron chi connectivity index (χ0n) is 12.3. The number of aromatic nitrogens is 1. The fourth-order valence-electron chi connectivity index (χ4n) is 1.86. The molecule has 5 nitrogen and oxygen atoms in total. The van der Waals surface area contributed by atoms with Crippen molar-refractivity contribution in [2.24, 2.45) is 0 Å². The van der Waals surface area contributed by atoms with Crippen LogP contribution in [-0.2, 0) is 11.3 Å². The largest absolute Gasteiger partial charge is 0.338 e. The van der Waals surface area contributed by atoms with Crippen molar-refractivity contribution >= 4 is 11.8 Å². The Kier molecular flexibility index (Phi) is 4.70. The van der Waals surface area contributed by atoms with Crippen LogP contribution in [0.3, 0.4) is 0 Å². The van der Waals surface area contributed by atoms with Gasteiger partial charge in [-0.25, -0.2) is 4.39 Å². The molecule has 0 aliphatic heterocycles. The Hall–Kier alpha value is -2.21. The smallest absolute Gasteiger partial charge is 0.243 e. The molecule has 0 radical (unpaired) electrons. The summed E-state index contributed by atoms with van der Waals surface area (Å²) in [6.45, 7) is 4.12. The molecule has 6 heteroatoms. The average Bonchev–Trinajstić information content (AvgIpc) is 2.85. The molecule has 1 atom stereocenters. The Morgan fingerprint density at radius 3 is 2.67 bits per heavy atom. The molecule has 0 aliphatic rings. The van der Waals surface area contributed by atoms with E-state index in [4.69, 9.17) is 4.52 Å². The van der Waals surface area contributed by atoms with Gasteiger partial charge in [-0.1, -0.05) is 17.3 Å². The van der Waals surface area contributed by atoms with Crippen molar-refractivity contribution < 1.29 is 13.7 Å². The summed E-state index contributed by atoms with van der Waals surface area (Å²) < 4.78 is 17.8. The van der Waals surface area contributed by atoms with Gasteiger partial charge in [0.2, 0.25) is 11.8 Å². The van der Waals surface area contributed by atoms with Gasteiger partial charge in [0.25, 0.3) is 0 Å². The lowest BCUT2D eigenvalue weighted by Crippen LogP contribution is -2.39. The molecule has 0 saturated heterocycles. The second-order valence-corrected chi connectivity index (χ2v) is 5.04. The van der Waals surface area contributed by atoms with E-state index in [1.165, 1.54) is 12.1 Å². The summed E-state index contributed by atoms with van der Waals surface area (Å²) >= 11 is 0. The molecule has 0 spiro atoms. The van der Waals surface area contributed by atoms with E-state index in [2.05, 4.69) is 10.5 Å². The molecular weight excluding hydrogens is 273 g/mol. The van der Waals surface area contributed by atoms with Gasteiger partial charge >= 0.3 is 0 Å². The maximum atomic E-state index is 12.9. The van der Waals surface area contributed by atoms with Crippen LogP contribution >= 0.6 is 0 Å². The van der Waals surface area contributed by atoms with E-state index in [1.54, 1.807) is 32.0 Å². The highest BCUT2D eigenvalue weighted by Gasteiger charge is 2.19. The van der Waals surface area contributed by atoms with Gasteiger partial charge in [0.15, 0.2) is 0 Å². The van der Waals surface area contributed by atoms with Crippen LogP contribution in [0.1, 0.15) is 18.2 Å². The van der Waals surface area contributed by atoms with Crippen LogP contribution in [0.15, 0.2) is 34.9 Å². The van der Waals surface area contributed by atoms with Crippen molar-refractivity contribution in [3.05, 3.63) is 47.4 Å². The highest BCUT2D eigenvalue weighted by molar-refractivity contribution is 5.93. The summed E-state index contributed by atoms with van der Waals surface area (Å²) in [4.78, 5) is 14.0. The Bertz CT molecular complexity index is 610. The predicted octanol–water partition coefficient (Wildman–Crippen LogP) is 2.58. The molecule has 1 aromatic heterocycles. The standard InChI is InChI=1S/C15H18FN3O2/c1-10-8-14(21-18-10)17-15(20)11(2)19(3)9-12-4-6-13(16)7-5-12/h4-8,11H,9H2,1-3H3,(H,17,20)/t11-/m0/s1. The van der Waals surface area contributed by atoms with Gasteiger partial charge in [-0.15, -0.1) is 0 Å². The summed E-state index contributed by atoms with van der Waals surface area (Å²) in [7, 11) is 1.83. The van der Waals surface area contributed by atoms with E-state index < -0.39 is 0 Å². The van der Waals surface area contributed by atoms with E-state index in [-0.39, 0.29) is 17.8 Å². The molecule has 2 aromatic rings. The quantitative estimate of drug-likeness (QED) is 0.920. The van der Waals surface area contributed by atoms with E-state index in [9.17, 15) is 9.18 Å². The fourth-order valence-corrected chi connectivity index (χ4v) is 1.86. The average molecular weight is 291 g/mol. The Labute approximate surface area is 122 Å². The normalized spacial score (nSPS) is 12.4. The highest BCUT2D eigenvalue weighted by Crippen LogP contribution is 2.12. The van der Waals surface area contributed by atoms with E-state index in [1.807, 2.05) is 11.9 Å². The van der Waals surface area contributed by atoms with Gasteiger partial charge in [-0.3, -0.25) is 15.0 Å². The first kappa shape index (κ1) is 15.2. The summed E-state index contributed by atoms with van der Waals surface area (Å²) in [6, 6.07) is 7.52. The molecule has 0 fully saturated rings. The third-order valence-corrected chi connectivity index (χ3v) is 3.26. The number of rotatable bonds is 5. The molecule has 1 amide bonds. The lowest BCUT2D eigenvalue weighted by Gasteiger charge is -2.23. The number of carbonyl (C=O) groups excluding carboxylic acids is 1. The van der Waals surface area contributed by atoms with Gasteiger partial charge in [0, 0.05) is 12.6 Å². The van der Waals surface area contributed by atoms with E-state index in [0.717, 1.165) is 5.56 Å². The van der Waals surface area contributed by atoms with Crippen LogP contribution < -0.4 is 5.32 Å². The topological polar surface area (TPSA) is 58.4 Å². The van der Waals surface area contributed by atoms with Crippen LogP contribution in [0.25, 0.3) is 0 Å². The number of aryl methyl sites for hydroxylation is 1. The molecule has 1 heterocycles. The molecule has 0 saturated carbocycles. The first-order chi connectivity index (χ1) is 9.95. The van der Waals surface area contributed by atoms with Gasteiger partial charge in [0.05, 0.1) is 11.7 Å². The van der Waals surface area contributed by atoms with Crippen molar-refractivity contribution in [2.75, 3.05) is 12.4 Å². The minimum Gasteiger partial charge on any atom is -0.338 e. The van der Waals surface area contributed by atoms with Crippen molar-refractivity contribution in [3.8, 4) is 0 Å². The zero-order chi connectivity index (χ0) is 15.4. The number of halogens is 1. The lowest BCUT2D eigenvalue weighted by atomic mass is 10.2. The first-order valence-corrected chi connectivity index (χ1v) is 6.64. The number of anilines is 1. The first-order valence-electron chi connectivity index (χ1n) is 6.64. The van der Waals surface area contributed by atoms with Crippen molar-refractivity contribution in [2.45, 2.75) is 26.4 Å². The van der Waals surface area contributed by atoms with Gasteiger partial charge in [-0.05, 0) is 38.6 Å². The number of nitrogens with zero attached hydrogens (tertiary/aromatic N) is 2. The van der Waals surface area contributed by atoms with Crippen LogP contribution in [0.2, 0.25) is 0 Å². The second-order valence-electron chi connectivity index (χ2n) is 5.04. The van der Waals surface area contributed by atoms with Crippen molar-refractivity contribution in [3.63, 3.8) is 0 Å². The fraction of sp³-hybridized carbons (Fsp3) is 0.333. The summed E-state index contributed by atoms with van der Waals surface area (Å²) in [5.74, 6) is -0.122. The number of hydrogen-bond donors (Lipinski definition) is 1. The second kappa shape index (κ2) is 6.49. The van der Waals surface area contributed by atoms with Crippen LogP contribution in [0.4, 0.5) is 10.3 Å². The van der Waals surface area contributed by atoms with Gasteiger partial charge in [0.1, 0.15) is 5.82 Å². The Balaban J connectivity index is 1.93. The molecule has 0 aliphatic carbocycles. The Morgan fingerprint density at radius 1 is 1.43 bits per heavy atom. The molecular formula is C15H18FN3O2. The van der Waals surface area contributed by atoms with Crippen LogP contribution in [0, 0.1) is 12.7 Å². The number of likely N-dealkylation sites (N-methyl/N-ethyl adjacent to an activating group) is 1. The Morgan fingerprint density at radius 2 is 2.10 bits per heavy atom. The molecule has 21 heavy (non-hydrogen) atoms. The highest BCUT2D eigenvalue weighted by atomic mass is 19.1. The van der Waals surface area contributed by atoms with Gasteiger partial charge < -0.3 is 4.52 Å². The van der Waals surface area contributed by atoms with Gasteiger partial charge in [-0.2, -0.15) is 0 Å². The molecule has 1 aromatic carbocycles. The monoisotopic (exact) mass is 291 g/mol. The van der Waals surface area contributed by atoms with Crippen LogP contribution in [0.5, 0.6) is 0 Å². The van der Waals surface area contributed by atoms with E-state index >= 15 is 0 Å². The summed E-state index contributed by atoms with van der Waals surface area (Å²) in [5.41, 5.74) is 1.65. The lowest BCUT2D eigenvalue weighted by molar-refractivity contribution is -0.120. The minimum atomic E-state index is -0.361.